The highest BCUT2D eigenvalue weighted by Gasteiger charge is 2.37. The van der Waals surface area contributed by atoms with Crippen molar-refractivity contribution in [1.29, 1.82) is 0 Å². The van der Waals surface area contributed by atoms with Crippen LogP contribution < -0.4 is 4.90 Å². The lowest BCUT2D eigenvalue weighted by molar-refractivity contribution is 0.660. The average molecular weight is 604 g/mol. The van der Waals surface area contributed by atoms with Crippen molar-refractivity contribution >= 4 is 27.8 Å². The molecule has 1 nitrogen and oxygen atoms in total. The van der Waals surface area contributed by atoms with Gasteiger partial charge in [-0.15, -0.1) is 0 Å². The molecule has 0 radical (unpaired) electrons. The summed E-state index contributed by atoms with van der Waals surface area (Å²) in [5.74, 6) is 0. The molecule has 9 rings (SSSR count). The van der Waals surface area contributed by atoms with E-state index >= 15 is 0 Å². The molecule has 47 heavy (non-hydrogen) atoms. The molecule has 0 saturated carbocycles. The summed E-state index contributed by atoms with van der Waals surface area (Å²) in [5.41, 5.74) is 16.9. The number of hydrogen-bond donors (Lipinski definition) is 0. The highest BCUT2D eigenvalue weighted by Crippen LogP contribution is 2.53. The second-order valence-corrected chi connectivity index (χ2v) is 14.2. The van der Waals surface area contributed by atoms with E-state index in [1.807, 2.05) is 0 Å². The van der Waals surface area contributed by atoms with Gasteiger partial charge in [0.25, 0.3) is 0 Å². The lowest BCUT2D eigenvalue weighted by Crippen LogP contribution is -2.16. The predicted octanol–water partition coefficient (Wildman–Crippen LogP) is 12.6. The maximum absolute atomic E-state index is 2.42. The Kier molecular flexibility index (Phi) is 5.96. The summed E-state index contributed by atoms with van der Waals surface area (Å²) in [6, 6.07) is 56.2. The third-order valence-electron chi connectivity index (χ3n) is 10.9. The fraction of sp³-hybridized carbons (Fsp3) is 0.130. The van der Waals surface area contributed by atoms with E-state index in [4.69, 9.17) is 0 Å². The lowest BCUT2D eigenvalue weighted by atomic mass is 9.81. The van der Waals surface area contributed by atoms with Crippen LogP contribution >= 0.6 is 0 Å². The van der Waals surface area contributed by atoms with Crippen molar-refractivity contribution in [2.75, 3.05) is 4.90 Å². The molecule has 0 saturated heterocycles. The van der Waals surface area contributed by atoms with Crippen molar-refractivity contribution in [2.45, 2.75) is 38.5 Å². The standard InChI is InChI=1S/C46H37N/c1-45(2)40-17-11-10-16-37(40)38-26-24-35(29-43(38)45)47(33-13-6-5-7-14-33)34-22-18-30(19-23-34)32-20-25-39-42(28-32)46(3,4)41-27-21-31-12-8-9-15-36(31)44(39)41/h5-29H,1-4H3. The van der Waals surface area contributed by atoms with Gasteiger partial charge in [0, 0.05) is 27.9 Å². The minimum absolute atomic E-state index is 0.0541. The van der Waals surface area contributed by atoms with Crippen LogP contribution in [0.25, 0.3) is 44.2 Å². The number of nitrogens with zero attached hydrogens (tertiary/aromatic N) is 1. The summed E-state index contributed by atoms with van der Waals surface area (Å²) in [5, 5.41) is 2.64. The van der Waals surface area contributed by atoms with Gasteiger partial charge < -0.3 is 4.90 Å². The lowest BCUT2D eigenvalue weighted by Gasteiger charge is -2.28. The summed E-state index contributed by atoms with van der Waals surface area (Å²) in [6.45, 7) is 9.44. The molecular weight excluding hydrogens is 567 g/mol. The van der Waals surface area contributed by atoms with Crippen LogP contribution in [0, 0.1) is 0 Å². The first-order valence-electron chi connectivity index (χ1n) is 16.7. The second kappa shape index (κ2) is 10.0. The number of fused-ring (bicyclic) bond motifs is 8. The topological polar surface area (TPSA) is 3.24 Å². The van der Waals surface area contributed by atoms with Crippen LogP contribution in [-0.4, -0.2) is 0 Å². The normalized spacial score (nSPS) is 14.7. The molecular formula is C46H37N. The van der Waals surface area contributed by atoms with Gasteiger partial charge in [0.15, 0.2) is 0 Å². The largest absolute Gasteiger partial charge is 0.310 e. The minimum Gasteiger partial charge on any atom is -0.310 e. The zero-order valence-electron chi connectivity index (χ0n) is 27.4. The van der Waals surface area contributed by atoms with Crippen LogP contribution in [0.2, 0.25) is 0 Å². The van der Waals surface area contributed by atoms with Gasteiger partial charge in [-0.25, -0.2) is 0 Å². The molecule has 0 N–H and O–H groups in total. The molecule has 0 atom stereocenters. The molecule has 2 aliphatic rings. The summed E-state index contributed by atoms with van der Waals surface area (Å²) in [7, 11) is 0. The molecule has 0 bridgehead atoms. The Morgan fingerprint density at radius 2 is 0.979 bits per heavy atom. The first-order valence-corrected chi connectivity index (χ1v) is 16.7. The summed E-state index contributed by atoms with van der Waals surface area (Å²) >= 11 is 0. The number of benzene rings is 7. The summed E-state index contributed by atoms with van der Waals surface area (Å²) < 4.78 is 0. The quantitative estimate of drug-likeness (QED) is 0.193. The van der Waals surface area contributed by atoms with E-state index in [0.717, 1.165) is 11.4 Å². The van der Waals surface area contributed by atoms with Gasteiger partial charge in [-0.05, 0) is 109 Å². The minimum atomic E-state index is -0.0598. The van der Waals surface area contributed by atoms with Gasteiger partial charge >= 0.3 is 0 Å². The molecule has 0 fully saturated rings. The van der Waals surface area contributed by atoms with Crippen molar-refractivity contribution < 1.29 is 0 Å². The molecule has 0 amide bonds. The molecule has 0 heterocycles. The fourth-order valence-corrected chi connectivity index (χ4v) is 8.35. The van der Waals surface area contributed by atoms with Gasteiger partial charge in [-0.2, -0.15) is 0 Å². The molecule has 0 aromatic heterocycles. The van der Waals surface area contributed by atoms with E-state index in [0.29, 0.717) is 0 Å². The van der Waals surface area contributed by atoms with Crippen LogP contribution in [0.15, 0.2) is 152 Å². The van der Waals surface area contributed by atoms with E-state index in [9.17, 15) is 0 Å². The zero-order chi connectivity index (χ0) is 31.9. The molecule has 2 aliphatic carbocycles. The van der Waals surface area contributed by atoms with Crippen LogP contribution in [0.3, 0.4) is 0 Å². The molecule has 0 unspecified atom stereocenters. The van der Waals surface area contributed by atoms with Gasteiger partial charge in [0.1, 0.15) is 0 Å². The fourth-order valence-electron chi connectivity index (χ4n) is 8.35. The number of anilines is 3. The second-order valence-electron chi connectivity index (χ2n) is 14.2. The van der Waals surface area contributed by atoms with E-state index in [1.165, 1.54) is 72.1 Å². The van der Waals surface area contributed by atoms with Crippen LogP contribution in [-0.2, 0) is 10.8 Å². The van der Waals surface area contributed by atoms with Crippen molar-refractivity contribution in [3.63, 3.8) is 0 Å². The van der Waals surface area contributed by atoms with Crippen molar-refractivity contribution in [2.24, 2.45) is 0 Å². The molecule has 7 aromatic rings. The Hall–Kier alpha value is -5.40. The maximum Gasteiger partial charge on any atom is 0.0465 e. The Morgan fingerprint density at radius 1 is 0.383 bits per heavy atom. The third-order valence-corrected chi connectivity index (χ3v) is 10.9. The molecule has 1 heteroatoms. The van der Waals surface area contributed by atoms with E-state index in [1.54, 1.807) is 0 Å². The average Bonchev–Trinajstić information content (AvgIpc) is 3.48. The van der Waals surface area contributed by atoms with Gasteiger partial charge in [0.2, 0.25) is 0 Å². The van der Waals surface area contributed by atoms with E-state index in [-0.39, 0.29) is 10.8 Å². The van der Waals surface area contributed by atoms with E-state index < -0.39 is 0 Å². The Labute approximate surface area is 277 Å². The molecule has 0 spiro atoms. The number of rotatable bonds is 4. The first-order chi connectivity index (χ1) is 22.8. The smallest absolute Gasteiger partial charge is 0.0465 e. The van der Waals surface area contributed by atoms with Crippen molar-refractivity contribution in [3.8, 4) is 33.4 Å². The van der Waals surface area contributed by atoms with Crippen LogP contribution in [0.4, 0.5) is 17.1 Å². The van der Waals surface area contributed by atoms with Gasteiger partial charge in [-0.3, -0.25) is 0 Å². The monoisotopic (exact) mass is 603 g/mol. The number of hydrogen-bond acceptors (Lipinski definition) is 1. The Bertz CT molecular complexity index is 2340. The summed E-state index contributed by atoms with van der Waals surface area (Å²) in [4.78, 5) is 2.39. The molecule has 0 aliphatic heterocycles. The third kappa shape index (κ3) is 4.09. The SMILES string of the molecule is CC1(C)c2ccccc2-c2ccc(N(c3ccccc3)c3ccc(-c4ccc5c(c4)C(C)(C)c4ccc6ccccc6c4-5)cc3)cc21. The first kappa shape index (κ1) is 27.9. The zero-order valence-corrected chi connectivity index (χ0v) is 27.4. The van der Waals surface area contributed by atoms with Crippen molar-refractivity contribution in [3.05, 3.63) is 174 Å². The molecule has 7 aromatic carbocycles. The Balaban J connectivity index is 1.11. The van der Waals surface area contributed by atoms with Crippen LogP contribution in [0.1, 0.15) is 49.9 Å². The Morgan fingerprint density at radius 3 is 1.81 bits per heavy atom. The number of para-hydroxylation sites is 1. The van der Waals surface area contributed by atoms with Gasteiger partial charge in [-0.1, -0.05) is 137 Å². The molecule has 226 valence electrons. The van der Waals surface area contributed by atoms with Crippen molar-refractivity contribution in [1.82, 2.24) is 0 Å². The van der Waals surface area contributed by atoms with Gasteiger partial charge in [0.05, 0.1) is 0 Å². The highest BCUT2D eigenvalue weighted by molar-refractivity contribution is 6.02. The summed E-state index contributed by atoms with van der Waals surface area (Å²) in [6.07, 6.45) is 0. The predicted molar refractivity (Wildman–Crippen MR) is 199 cm³/mol. The van der Waals surface area contributed by atoms with Crippen LogP contribution in [0.5, 0.6) is 0 Å². The van der Waals surface area contributed by atoms with E-state index in [2.05, 4.69) is 184 Å². The highest BCUT2D eigenvalue weighted by atomic mass is 15.1. The maximum atomic E-state index is 2.42.